The second-order valence-electron chi connectivity index (χ2n) is 4.73. The maximum absolute atomic E-state index is 12.2. The zero-order valence-corrected chi connectivity index (χ0v) is 13.2. The van der Waals surface area contributed by atoms with E-state index in [0.29, 0.717) is 6.54 Å². The largest absolute Gasteiger partial charge is 0.346 e. The number of urea groups is 1. The maximum Gasteiger partial charge on any atom is 0.317 e. The molecule has 0 bridgehead atoms. The van der Waals surface area contributed by atoms with Gasteiger partial charge < -0.3 is 15.1 Å². The van der Waals surface area contributed by atoms with E-state index in [1.165, 1.54) is 0 Å². The second-order valence-corrected chi connectivity index (χ2v) is 6.58. The van der Waals surface area contributed by atoms with Crippen LogP contribution in [0, 0.1) is 0 Å². The first-order chi connectivity index (χ1) is 10.3. The van der Waals surface area contributed by atoms with Crippen LogP contribution in [-0.2, 0) is 6.54 Å². The van der Waals surface area contributed by atoms with Crippen molar-refractivity contribution in [3.05, 3.63) is 28.2 Å². The van der Waals surface area contributed by atoms with Crippen molar-refractivity contribution >= 4 is 33.8 Å². The number of amides is 2. The van der Waals surface area contributed by atoms with E-state index in [1.54, 1.807) is 28.9 Å². The van der Waals surface area contributed by atoms with Crippen molar-refractivity contribution in [1.82, 2.24) is 20.2 Å². The molecule has 0 saturated carbocycles. The molecule has 1 aliphatic rings. The molecule has 1 saturated heterocycles. The van der Waals surface area contributed by atoms with Crippen LogP contribution in [0.5, 0.6) is 0 Å². The third kappa shape index (κ3) is 3.70. The Balaban J connectivity index is 1.51. The molecule has 8 heteroatoms. The summed E-state index contributed by atoms with van der Waals surface area (Å²) in [4.78, 5) is 24.8. The number of hydrogen-bond donors (Lipinski definition) is 1. The monoisotopic (exact) mass is 323 g/mol. The SMILES string of the molecule is O=C(NCc1nccs1)N1CCCN(c2nccs2)CC1. The highest BCUT2D eigenvalue weighted by molar-refractivity contribution is 7.13. The van der Waals surface area contributed by atoms with Crippen LogP contribution in [0.1, 0.15) is 11.4 Å². The number of carbonyl (C=O) groups excluding carboxylic acids is 1. The van der Waals surface area contributed by atoms with Gasteiger partial charge in [0.15, 0.2) is 5.13 Å². The zero-order chi connectivity index (χ0) is 14.5. The van der Waals surface area contributed by atoms with Crippen LogP contribution in [0.25, 0.3) is 0 Å². The van der Waals surface area contributed by atoms with Gasteiger partial charge in [-0.05, 0) is 6.42 Å². The summed E-state index contributed by atoms with van der Waals surface area (Å²) >= 11 is 3.20. The molecule has 1 N–H and O–H groups in total. The van der Waals surface area contributed by atoms with Crippen molar-refractivity contribution < 1.29 is 4.79 Å². The molecule has 21 heavy (non-hydrogen) atoms. The van der Waals surface area contributed by atoms with Gasteiger partial charge in [-0.15, -0.1) is 22.7 Å². The summed E-state index contributed by atoms with van der Waals surface area (Å²) in [7, 11) is 0. The quantitative estimate of drug-likeness (QED) is 0.939. The number of nitrogens with one attached hydrogen (secondary N) is 1. The van der Waals surface area contributed by atoms with E-state index in [0.717, 1.165) is 42.7 Å². The number of aromatic nitrogens is 2. The Hall–Kier alpha value is -1.67. The second kappa shape index (κ2) is 6.86. The van der Waals surface area contributed by atoms with Crippen LogP contribution in [0.2, 0.25) is 0 Å². The Morgan fingerprint density at radius 2 is 2.00 bits per heavy atom. The Kier molecular flexibility index (Phi) is 4.66. The van der Waals surface area contributed by atoms with Crippen molar-refractivity contribution in [3.8, 4) is 0 Å². The van der Waals surface area contributed by atoms with E-state index >= 15 is 0 Å². The number of rotatable bonds is 3. The lowest BCUT2D eigenvalue weighted by Gasteiger charge is -2.21. The predicted molar refractivity (Wildman–Crippen MR) is 84.9 cm³/mol. The molecule has 0 aromatic carbocycles. The first-order valence-electron chi connectivity index (χ1n) is 6.88. The van der Waals surface area contributed by atoms with Crippen LogP contribution < -0.4 is 10.2 Å². The first kappa shape index (κ1) is 14.3. The molecule has 3 heterocycles. The fourth-order valence-electron chi connectivity index (χ4n) is 2.29. The van der Waals surface area contributed by atoms with Crippen molar-refractivity contribution in [1.29, 1.82) is 0 Å². The lowest BCUT2D eigenvalue weighted by Crippen LogP contribution is -2.41. The Labute approximate surface area is 131 Å². The van der Waals surface area contributed by atoms with E-state index in [9.17, 15) is 4.79 Å². The summed E-state index contributed by atoms with van der Waals surface area (Å²) in [5.41, 5.74) is 0. The van der Waals surface area contributed by atoms with Gasteiger partial charge in [0.1, 0.15) is 5.01 Å². The average Bonchev–Trinajstić information content (AvgIpc) is 3.15. The van der Waals surface area contributed by atoms with E-state index in [-0.39, 0.29) is 6.03 Å². The van der Waals surface area contributed by atoms with Gasteiger partial charge >= 0.3 is 6.03 Å². The van der Waals surface area contributed by atoms with E-state index < -0.39 is 0 Å². The number of thiazole rings is 2. The van der Waals surface area contributed by atoms with Gasteiger partial charge in [0.25, 0.3) is 0 Å². The summed E-state index contributed by atoms with van der Waals surface area (Å²) in [6, 6.07) is -0.00816. The van der Waals surface area contributed by atoms with Gasteiger partial charge in [-0.1, -0.05) is 0 Å². The van der Waals surface area contributed by atoms with E-state index in [1.807, 2.05) is 21.9 Å². The molecule has 6 nitrogen and oxygen atoms in total. The molecular formula is C13H17N5OS2. The van der Waals surface area contributed by atoms with E-state index in [2.05, 4.69) is 20.2 Å². The maximum atomic E-state index is 12.2. The highest BCUT2D eigenvalue weighted by Gasteiger charge is 2.20. The molecule has 0 radical (unpaired) electrons. The molecule has 0 unspecified atom stereocenters. The van der Waals surface area contributed by atoms with Gasteiger partial charge in [-0.25, -0.2) is 14.8 Å². The smallest absolute Gasteiger partial charge is 0.317 e. The average molecular weight is 323 g/mol. The predicted octanol–water partition coefficient (Wildman–Crippen LogP) is 2.02. The van der Waals surface area contributed by atoms with Gasteiger partial charge in [-0.2, -0.15) is 0 Å². The fraction of sp³-hybridized carbons (Fsp3) is 0.462. The molecule has 1 fully saturated rings. The Morgan fingerprint density at radius 3 is 2.76 bits per heavy atom. The molecule has 2 aromatic rings. The summed E-state index contributed by atoms with van der Waals surface area (Å²) in [5, 5.41) is 8.81. The van der Waals surface area contributed by atoms with Gasteiger partial charge in [0.05, 0.1) is 6.54 Å². The van der Waals surface area contributed by atoms with Crippen LogP contribution in [0.4, 0.5) is 9.93 Å². The summed E-state index contributed by atoms with van der Waals surface area (Å²) in [6.45, 7) is 3.79. The fourth-order valence-corrected chi connectivity index (χ4v) is 3.54. The molecule has 3 rings (SSSR count). The normalized spacial score (nSPS) is 15.8. The zero-order valence-electron chi connectivity index (χ0n) is 11.6. The molecule has 112 valence electrons. The van der Waals surface area contributed by atoms with Crippen LogP contribution in [0.15, 0.2) is 23.2 Å². The minimum Gasteiger partial charge on any atom is -0.346 e. The standard InChI is InChI=1S/C13H17N5OS2/c19-12(16-10-11-14-2-8-20-11)17-4-1-5-18(7-6-17)13-15-3-9-21-13/h2-3,8-9H,1,4-7,10H2,(H,16,19). The lowest BCUT2D eigenvalue weighted by atomic mass is 10.4. The van der Waals surface area contributed by atoms with Crippen LogP contribution in [0.3, 0.4) is 0 Å². The van der Waals surface area contributed by atoms with Gasteiger partial charge in [-0.3, -0.25) is 0 Å². The lowest BCUT2D eigenvalue weighted by molar-refractivity contribution is 0.201. The third-order valence-electron chi connectivity index (χ3n) is 3.35. The Bertz CT molecular complexity index is 557. The minimum absolute atomic E-state index is 0.00816. The molecule has 0 atom stereocenters. The van der Waals surface area contributed by atoms with Gasteiger partial charge in [0, 0.05) is 49.3 Å². The van der Waals surface area contributed by atoms with Crippen LogP contribution >= 0.6 is 22.7 Å². The topological polar surface area (TPSA) is 61.4 Å². The molecule has 1 aliphatic heterocycles. The summed E-state index contributed by atoms with van der Waals surface area (Å²) in [5.74, 6) is 0. The number of hydrogen-bond acceptors (Lipinski definition) is 6. The molecule has 0 aliphatic carbocycles. The highest BCUT2D eigenvalue weighted by Crippen LogP contribution is 2.19. The molecular weight excluding hydrogens is 306 g/mol. The van der Waals surface area contributed by atoms with Crippen LogP contribution in [-0.4, -0.2) is 47.1 Å². The number of nitrogens with zero attached hydrogens (tertiary/aromatic N) is 4. The van der Waals surface area contributed by atoms with Crippen molar-refractivity contribution in [2.24, 2.45) is 0 Å². The third-order valence-corrected chi connectivity index (χ3v) is 4.96. The Morgan fingerprint density at radius 1 is 1.14 bits per heavy atom. The molecule has 2 amide bonds. The number of carbonyl (C=O) groups is 1. The van der Waals surface area contributed by atoms with E-state index in [4.69, 9.17) is 0 Å². The summed E-state index contributed by atoms with van der Waals surface area (Å²) in [6.07, 6.45) is 4.54. The molecule has 2 aromatic heterocycles. The first-order valence-corrected chi connectivity index (χ1v) is 8.64. The summed E-state index contributed by atoms with van der Waals surface area (Å²) < 4.78 is 0. The van der Waals surface area contributed by atoms with Gasteiger partial charge in [0.2, 0.25) is 0 Å². The molecule has 0 spiro atoms. The van der Waals surface area contributed by atoms with Crippen molar-refractivity contribution in [2.45, 2.75) is 13.0 Å². The van der Waals surface area contributed by atoms with Crippen molar-refractivity contribution in [2.75, 3.05) is 31.1 Å². The van der Waals surface area contributed by atoms with Crippen molar-refractivity contribution in [3.63, 3.8) is 0 Å². The minimum atomic E-state index is -0.00816. The highest BCUT2D eigenvalue weighted by atomic mass is 32.1. The number of anilines is 1.